The number of fused-ring (bicyclic) bond motifs is 1. The number of nitrogens with one attached hydrogen (secondary N) is 4. The van der Waals surface area contributed by atoms with Crippen LogP contribution in [-0.4, -0.2) is 41.5 Å². The van der Waals surface area contributed by atoms with E-state index in [4.69, 9.17) is 0 Å². The van der Waals surface area contributed by atoms with E-state index in [9.17, 15) is 4.79 Å². The molecular formula is C22H28N6O. The van der Waals surface area contributed by atoms with Crippen LogP contribution in [0.4, 0.5) is 5.82 Å². The van der Waals surface area contributed by atoms with E-state index in [-0.39, 0.29) is 5.91 Å². The number of aromatic nitrogens is 2. The van der Waals surface area contributed by atoms with Gasteiger partial charge in [0.15, 0.2) is 5.96 Å². The van der Waals surface area contributed by atoms with Crippen molar-refractivity contribution in [3.05, 3.63) is 59.9 Å². The van der Waals surface area contributed by atoms with Crippen molar-refractivity contribution in [1.29, 1.82) is 0 Å². The molecule has 0 bridgehead atoms. The Bertz CT molecular complexity index is 961. The lowest BCUT2D eigenvalue weighted by atomic mass is 10.1. The van der Waals surface area contributed by atoms with E-state index >= 15 is 0 Å². The first-order valence-corrected chi connectivity index (χ1v) is 9.95. The summed E-state index contributed by atoms with van der Waals surface area (Å²) in [5.74, 6) is 1.18. The molecule has 0 saturated heterocycles. The van der Waals surface area contributed by atoms with Crippen molar-refractivity contribution >= 4 is 28.6 Å². The highest BCUT2D eigenvalue weighted by Gasteiger charge is 2.05. The van der Waals surface area contributed by atoms with Crippen LogP contribution in [0.25, 0.3) is 10.9 Å². The van der Waals surface area contributed by atoms with Crippen LogP contribution < -0.4 is 16.0 Å². The van der Waals surface area contributed by atoms with Gasteiger partial charge in [0.25, 0.3) is 0 Å². The zero-order valence-corrected chi connectivity index (χ0v) is 17.0. The summed E-state index contributed by atoms with van der Waals surface area (Å²) >= 11 is 0. The number of hydrogen-bond donors (Lipinski definition) is 4. The zero-order chi connectivity index (χ0) is 20.5. The fraction of sp³-hybridized carbons (Fsp3) is 0.318. The average molecular weight is 393 g/mol. The number of aromatic amines is 1. The minimum atomic E-state index is -0.0975. The lowest BCUT2D eigenvalue weighted by Gasteiger charge is -2.11. The predicted octanol–water partition coefficient (Wildman–Crippen LogP) is 3.00. The maximum absolute atomic E-state index is 12.1. The van der Waals surface area contributed by atoms with E-state index in [1.807, 2.05) is 26.0 Å². The number of aliphatic imine (C=N–C) groups is 1. The van der Waals surface area contributed by atoms with Gasteiger partial charge in [-0.25, -0.2) is 4.98 Å². The molecular weight excluding hydrogens is 364 g/mol. The molecule has 152 valence electrons. The molecule has 0 atom stereocenters. The second-order valence-corrected chi connectivity index (χ2v) is 6.82. The second-order valence-electron chi connectivity index (χ2n) is 6.82. The van der Waals surface area contributed by atoms with Crippen LogP contribution >= 0.6 is 0 Å². The maximum Gasteiger partial charge on any atom is 0.227 e. The van der Waals surface area contributed by atoms with Crippen LogP contribution in [0.15, 0.2) is 53.8 Å². The minimum Gasteiger partial charge on any atom is -0.361 e. The number of carbonyl (C=O) groups excluding carboxylic acids is 1. The van der Waals surface area contributed by atoms with Gasteiger partial charge in [-0.05, 0) is 43.5 Å². The first-order valence-electron chi connectivity index (χ1n) is 9.95. The van der Waals surface area contributed by atoms with E-state index in [2.05, 4.69) is 55.3 Å². The Morgan fingerprint density at radius 2 is 2.03 bits per heavy atom. The molecule has 7 heteroatoms. The van der Waals surface area contributed by atoms with E-state index in [1.165, 1.54) is 10.9 Å². The molecule has 0 fully saturated rings. The van der Waals surface area contributed by atoms with Gasteiger partial charge < -0.3 is 20.9 Å². The molecule has 0 saturated carbocycles. The van der Waals surface area contributed by atoms with E-state index in [0.717, 1.165) is 30.6 Å². The summed E-state index contributed by atoms with van der Waals surface area (Å²) in [4.78, 5) is 24.0. The van der Waals surface area contributed by atoms with Crippen LogP contribution in [0.2, 0.25) is 0 Å². The summed E-state index contributed by atoms with van der Waals surface area (Å²) in [5, 5.41) is 10.6. The fourth-order valence-electron chi connectivity index (χ4n) is 3.01. The molecule has 2 heterocycles. The van der Waals surface area contributed by atoms with Gasteiger partial charge in [-0.3, -0.25) is 9.79 Å². The summed E-state index contributed by atoms with van der Waals surface area (Å²) in [6.45, 7) is 5.90. The van der Waals surface area contributed by atoms with Gasteiger partial charge in [-0.2, -0.15) is 0 Å². The first-order chi connectivity index (χ1) is 14.2. The number of para-hydroxylation sites is 1. The smallest absolute Gasteiger partial charge is 0.227 e. The molecule has 0 unspecified atom stereocenters. The molecule has 0 aliphatic carbocycles. The highest BCUT2D eigenvalue weighted by Crippen LogP contribution is 2.17. The Morgan fingerprint density at radius 1 is 1.17 bits per heavy atom. The Morgan fingerprint density at radius 3 is 2.83 bits per heavy atom. The number of carbonyl (C=O) groups is 1. The van der Waals surface area contributed by atoms with Gasteiger partial charge in [0.05, 0.1) is 6.54 Å². The molecule has 3 aromatic rings. The molecule has 4 N–H and O–H groups in total. The lowest BCUT2D eigenvalue weighted by molar-refractivity contribution is -0.116. The largest absolute Gasteiger partial charge is 0.361 e. The van der Waals surface area contributed by atoms with E-state index in [1.54, 1.807) is 12.3 Å². The van der Waals surface area contributed by atoms with Crippen LogP contribution in [0.1, 0.15) is 24.5 Å². The van der Waals surface area contributed by atoms with Crippen LogP contribution in [-0.2, 0) is 11.2 Å². The number of nitrogens with zero attached hydrogens (tertiary/aromatic N) is 2. The number of pyridine rings is 1. The first kappa shape index (κ1) is 20.4. The Labute approximate surface area is 171 Å². The topological polar surface area (TPSA) is 94.2 Å². The van der Waals surface area contributed by atoms with Crippen molar-refractivity contribution in [2.75, 3.05) is 25.0 Å². The summed E-state index contributed by atoms with van der Waals surface area (Å²) in [7, 11) is 0. The van der Waals surface area contributed by atoms with Gasteiger partial charge >= 0.3 is 0 Å². The standard InChI is InChI=1S/C22H28N6O/c1-3-23-22(24-12-10-17-15-26-19-7-5-4-6-18(17)19)25-13-11-21(29)28-20-9-8-16(2)14-27-20/h4-9,14-15,26H,3,10-13H2,1-2H3,(H2,23,24,25)(H,27,28,29). The molecule has 7 nitrogen and oxygen atoms in total. The number of rotatable bonds is 8. The number of benzene rings is 1. The van der Waals surface area contributed by atoms with Gasteiger partial charge in [-0.15, -0.1) is 0 Å². The molecule has 3 rings (SSSR count). The van der Waals surface area contributed by atoms with E-state index in [0.29, 0.717) is 24.7 Å². The van der Waals surface area contributed by atoms with Crippen molar-refractivity contribution < 1.29 is 4.79 Å². The van der Waals surface area contributed by atoms with Crippen molar-refractivity contribution in [1.82, 2.24) is 20.6 Å². The van der Waals surface area contributed by atoms with Crippen molar-refractivity contribution in [3.63, 3.8) is 0 Å². The average Bonchev–Trinajstić information content (AvgIpc) is 3.13. The molecule has 2 aromatic heterocycles. The predicted molar refractivity (Wildman–Crippen MR) is 118 cm³/mol. The van der Waals surface area contributed by atoms with Crippen molar-refractivity contribution in [2.45, 2.75) is 26.7 Å². The third-order valence-electron chi connectivity index (χ3n) is 4.49. The number of anilines is 1. The molecule has 0 aliphatic heterocycles. The zero-order valence-electron chi connectivity index (χ0n) is 17.0. The SMILES string of the molecule is CCNC(=NCCC(=O)Nc1ccc(C)cn1)NCCc1c[nH]c2ccccc12. The molecule has 1 aromatic carbocycles. The van der Waals surface area contributed by atoms with E-state index < -0.39 is 0 Å². The number of aryl methyl sites for hydroxylation is 1. The fourth-order valence-corrected chi connectivity index (χ4v) is 3.01. The second kappa shape index (κ2) is 10.3. The highest BCUT2D eigenvalue weighted by molar-refractivity contribution is 5.90. The lowest BCUT2D eigenvalue weighted by Crippen LogP contribution is -2.38. The van der Waals surface area contributed by atoms with Gasteiger partial charge in [0.2, 0.25) is 5.91 Å². The molecule has 1 amide bonds. The third kappa shape index (κ3) is 6.07. The minimum absolute atomic E-state index is 0.0975. The molecule has 0 spiro atoms. The Kier molecular flexibility index (Phi) is 7.22. The normalized spacial score (nSPS) is 11.4. The number of hydrogen-bond acceptors (Lipinski definition) is 3. The number of amides is 1. The highest BCUT2D eigenvalue weighted by atomic mass is 16.1. The monoisotopic (exact) mass is 392 g/mol. The van der Waals surface area contributed by atoms with Crippen molar-refractivity contribution in [3.8, 4) is 0 Å². The molecule has 0 aliphatic rings. The van der Waals surface area contributed by atoms with Gasteiger partial charge in [0.1, 0.15) is 5.82 Å². The summed E-state index contributed by atoms with van der Waals surface area (Å²) in [6.07, 6.45) is 4.97. The summed E-state index contributed by atoms with van der Waals surface area (Å²) < 4.78 is 0. The summed E-state index contributed by atoms with van der Waals surface area (Å²) in [6, 6.07) is 12.0. The van der Waals surface area contributed by atoms with Crippen LogP contribution in [0.3, 0.4) is 0 Å². The van der Waals surface area contributed by atoms with Gasteiger partial charge in [0, 0.05) is 42.8 Å². The van der Waals surface area contributed by atoms with Crippen molar-refractivity contribution in [2.24, 2.45) is 4.99 Å². The number of guanidine groups is 1. The quantitative estimate of drug-likeness (QED) is 0.350. The maximum atomic E-state index is 12.1. The van der Waals surface area contributed by atoms with Gasteiger partial charge in [-0.1, -0.05) is 24.3 Å². The Hall–Kier alpha value is -3.35. The van der Waals surface area contributed by atoms with Crippen LogP contribution in [0, 0.1) is 6.92 Å². The molecule has 29 heavy (non-hydrogen) atoms. The third-order valence-corrected chi connectivity index (χ3v) is 4.49. The summed E-state index contributed by atoms with van der Waals surface area (Å²) in [5.41, 5.74) is 3.48. The Balaban J connectivity index is 1.46. The number of H-pyrrole nitrogens is 1. The molecule has 0 radical (unpaired) electrons. The van der Waals surface area contributed by atoms with Crippen LogP contribution in [0.5, 0.6) is 0 Å².